The lowest BCUT2D eigenvalue weighted by Crippen LogP contribution is -2.16. The molecule has 3 aromatic rings. The number of carbonyl (C=O) groups is 1. The van der Waals surface area contributed by atoms with E-state index in [1.807, 2.05) is 0 Å². The second-order valence-electron chi connectivity index (χ2n) is 5.35. The zero-order valence-corrected chi connectivity index (χ0v) is 14.5. The average molecular weight is 379 g/mol. The van der Waals surface area contributed by atoms with E-state index < -0.39 is 18.0 Å². The van der Waals surface area contributed by atoms with E-state index in [0.29, 0.717) is 21.2 Å². The number of carboxylic acids is 1. The first-order valence-corrected chi connectivity index (χ1v) is 8.00. The highest BCUT2D eigenvalue weighted by Crippen LogP contribution is 2.36. The van der Waals surface area contributed by atoms with Crippen molar-refractivity contribution in [3.8, 4) is 17.1 Å². The summed E-state index contributed by atoms with van der Waals surface area (Å²) < 4.78 is 11.1. The van der Waals surface area contributed by atoms with Gasteiger partial charge in [0.2, 0.25) is 11.2 Å². The van der Waals surface area contributed by atoms with E-state index in [1.54, 1.807) is 37.3 Å². The second kappa shape index (κ2) is 6.78. The van der Waals surface area contributed by atoms with Gasteiger partial charge in [0, 0.05) is 10.6 Å². The first-order valence-electron chi connectivity index (χ1n) is 7.25. The molecule has 0 aliphatic heterocycles. The smallest absolute Gasteiger partial charge is 0.341 e. The molecule has 25 heavy (non-hydrogen) atoms. The third-order valence-electron chi connectivity index (χ3n) is 3.59. The Hall–Kier alpha value is -2.50. The minimum absolute atomic E-state index is 0.0751. The first-order chi connectivity index (χ1) is 11.9. The molecule has 0 amide bonds. The van der Waals surface area contributed by atoms with Gasteiger partial charge in [-0.3, -0.25) is 4.79 Å². The largest absolute Gasteiger partial charge is 0.479 e. The molecule has 2 aromatic carbocycles. The first kappa shape index (κ1) is 17.3. The highest BCUT2D eigenvalue weighted by molar-refractivity contribution is 6.33. The minimum Gasteiger partial charge on any atom is -0.479 e. The molecule has 0 saturated carbocycles. The van der Waals surface area contributed by atoms with E-state index >= 15 is 0 Å². The summed E-state index contributed by atoms with van der Waals surface area (Å²) >= 11 is 12.3. The number of fused-ring (bicyclic) bond motifs is 1. The van der Waals surface area contributed by atoms with Crippen molar-refractivity contribution in [2.24, 2.45) is 0 Å². The molecule has 0 spiro atoms. The summed E-state index contributed by atoms with van der Waals surface area (Å²) in [5.41, 5.74) is 0.960. The van der Waals surface area contributed by atoms with Gasteiger partial charge in [0.25, 0.3) is 0 Å². The fraction of sp³-hybridized carbons (Fsp3) is 0.111. The summed E-state index contributed by atoms with van der Waals surface area (Å²) in [6.45, 7) is 1.10. The number of aliphatic carboxylic acids is 1. The predicted molar refractivity (Wildman–Crippen MR) is 95.8 cm³/mol. The highest BCUT2D eigenvalue weighted by atomic mass is 35.5. The maximum Gasteiger partial charge on any atom is 0.341 e. The van der Waals surface area contributed by atoms with Crippen molar-refractivity contribution in [3.05, 3.63) is 62.2 Å². The number of rotatable bonds is 4. The third-order valence-corrected chi connectivity index (χ3v) is 4.33. The van der Waals surface area contributed by atoms with Crippen LogP contribution in [0, 0.1) is 6.92 Å². The number of ether oxygens (including phenoxy) is 1. The Bertz CT molecular complexity index is 1040. The Morgan fingerprint density at radius 3 is 2.60 bits per heavy atom. The summed E-state index contributed by atoms with van der Waals surface area (Å²) in [6.07, 6.45) is 0. The summed E-state index contributed by atoms with van der Waals surface area (Å²) in [4.78, 5) is 23.7. The lowest BCUT2D eigenvalue weighted by Gasteiger charge is -2.12. The standard InChI is InChI=1S/C18H12Cl2O5/c1-9-6-14-11(7-13(9)20)16(23)18(24-8-15(21)22)17(25-14)10-4-2-3-5-12(10)19/h2-7H,8H2,1H3,(H,21,22). The lowest BCUT2D eigenvalue weighted by atomic mass is 10.1. The molecule has 0 bridgehead atoms. The van der Waals surface area contributed by atoms with Crippen LogP contribution in [-0.4, -0.2) is 17.7 Å². The molecule has 1 aromatic heterocycles. The molecular weight excluding hydrogens is 367 g/mol. The van der Waals surface area contributed by atoms with Gasteiger partial charge in [-0.05, 0) is 36.8 Å². The van der Waals surface area contributed by atoms with Gasteiger partial charge >= 0.3 is 5.97 Å². The van der Waals surface area contributed by atoms with Crippen molar-refractivity contribution in [1.82, 2.24) is 0 Å². The zero-order valence-electron chi connectivity index (χ0n) is 13.0. The number of carboxylic acid groups (broad SMARTS) is 1. The van der Waals surface area contributed by atoms with Gasteiger partial charge in [0.1, 0.15) is 5.58 Å². The van der Waals surface area contributed by atoms with Crippen molar-refractivity contribution in [2.45, 2.75) is 6.92 Å². The van der Waals surface area contributed by atoms with Gasteiger partial charge in [-0.15, -0.1) is 0 Å². The average Bonchev–Trinajstić information content (AvgIpc) is 2.56. The molecule has 3 rings (SSSR count). The van der Waals surface area contributed by atoms with Gasteiger partial charge in [0.05, 0.1) is 10.4 Å². The van der Waals surface area contributed by atoms with Crippen LogP contribution in [0.5, 0.6) is 5.75 Å². The normalized spacial score (nSPS) is 10.8. The van der Waals surface area contributed by atoms with Crippen molar-refractivity contribution in [3.63, 3.8) is 0 Å². The van der Waals surface area contributed by atoms with Gasteiger partial charge in [-0.2, -0.15) is 0 Å². The molecule has 0 unspecified atom stereocenters. The van der Waals surface area contributed by atoms with E-state index in [1.165, 1.54) is 6.07 Å². The van der Waals surface area contributed by atoms with Crippen molar-refractivity contribution in [2.75, 3.05) is 6.61 Å². The molecule has 5 nitrogen and oxygen atoms in total. The van der Waals surface area contributed by atoms with Gasteiger partial charge in [-0.1, -0.05) is 35.3 Å². The SMILES string of the molecule is Cc1cc2oc(-c3ccccc3Cl)c(OCC(=O)O)c(=O)c2cc1Cl. The number of hydrogen-bond donors (Lipinski definition) is 1. The number of aryl methyl sites for hydroxylation is 1. The molecule has 0 aliphatic rings. The van der Waals surface area contributed by atoms with Crippen LogP contribution in [0.15, 0.2) is 45.6 Å². The Morgan fingerprint density at radius 2 is 1.92 bits per heavy atom. The van der Waals surface area contributed by atoms with Gasteiger partial charge < -0.3 is 14.3 Å². The Morgan fingerprint density at radius 1 is 1.20 bits per heavy atom. The number of benzene rings is 2. The van der Waals surface area contributed by atoms with E-state index in [-0.39, 0.29) is 16.9 Å². The number of halogens is 2. The maximum atomic E-state index is 12.8. The van der Waals surface area contributed by atoms with Gasteiger partial charge in [0.15, 0.2) is 12.4 Å². The van der Waals surface area contributed by atoms with Crippen molar-refractivity contribution < 1.29 is 19.1 Å². The molecule has 1 N–H and O–H groups in total. The van der Waals surface area contributed by atoms with Crippen molar-refractivity contribution in [1.29, 1.82) is 0 Å². The predicted octanol–water partition coefficient (Wildman–Crippen LogP) is 4.54. The maximum absolute atomic E-state index is 12.8. The fourth-order valence-corrected chi connectivity index (χ4v) is 2.77. The van der Waals surface area contributed by atoms with Crippen LogP contribution < -0.4 is 10.2 Å². The van der Waals surface area contributed by atoms with Crippen LogP contribution in [-0.2, 0) is 4.79 Å². The quantitative estimate of drug-likeness (QED) is 0.720. The Kier molecular flexibility index (Phi) is 4.70. The summed E-state index contributed by atoms with van der Waals surface area (Å²) in [6, 6.07) is 9.85. The number of hydrogen-bond acceptors (Lipinski definition) is 4. The molecule has 7 heteroatoms. The topological polar surface area (TPSA) is 76.7 Å². The molecular formula is C18H12Cl2O5. The molecule has 0 radical (unpaired) electrons. The summed E-state index contributed by atoms with van der Waals surface area (Å²) in [7, 11) is 0. The van der Waals surface area contributed by atoms with Crippen molar-refractivity contribution >= 4 is 40.1 Å². The highest BCUT2D eigenvalue weighted by Gasteiger charge is 2.21. The van der Waals surface area contributed by atoms with Crippen LogP contribution >= 0.6 is 23.2 Å². The Balaban J connectivity index is 2.34. The molecule has 128 valence electrons. The Labute approximate surface area is 152 Å². The molecule has 0 fully saturated rings. The van der Waals surface area contributed by atoms with Gasteiger partial charge in [-0.25, -0.2) is 4.79 Å². The fourth-order valence-electron chi connectivity index (χ4n) is 2.39. The summed E-state index contributed by atoms with van der Waals surface area (Å²) in [5.74, 6) is -1.36. The van der Waals surface area contributed by atoms with E-state index in [2.05, 4.69) is 0 Å². The second-order valence-corrected chi connectivity index (χ2v) is 6.16. The van der Waals surface area contributed by atoms with Crippen LogP contribution in [0.4, 0.5) is 0 Å². The molecule has 0 aliphatic carbocycles. The molecule has 0 atom stereocenters. The molecule has 1 heterocycles. The minimum atomic E-state index is -1.22. The van der Waals surface area contributed by atoms with Crippen LogP contribution in [0.2, 0.25) is 10.0 Å². The third kappa shape index (κ3) is 3.34. The van der Waals surface area contributed by atoms with E-state index in [4.69, 9.17) is 37.5 Å². The van der Waals surface area contributed by atoms with Crippen LogP contribution in [0.3, 0.4) is 0 Å². The zero-order chi connectivity index (χ0) is 18.1. The summed E-state index contributed by atoms with van der Waals surface area (Å²) in [5, 5.41) is 9.81. The van der Waals surface area contributed by atoms with Crippen LogP contribution in [0.1, 0.15) is 5.56 Å². The van der Waals surface area contributed by atoms with E-state index in [0.717, 1.165) is 5.56 Å². The monoisotopic (exact) mass is 378 g/mol. The van der Waals surface area contributed by atoms with Crippen LogP contribution in [0.25, 0.3) is 22.3 Å². The lowest BCUT2D eigenvalue weighted by molar-refractivity contribution is -0.139. The molecule has 0 saturated heterocycles. The van der Waals surface area contributed by atoms with E-state index in [9.17, 15) is 9.59 Å².